The van der Waals surface area contributed by atoms with Crippen LogP contribution in [0.3, 0.4) is 0 Å². The van der Waals surface area contributed by atoms with Crippen LogP contribution in [0.25, 0.3) is 0 Å². The van der Waals surface area contributed by atoms with Crippen molar-refractivity contribution in [2.45, 2.75) is 97.8 Å². The van der Waals surface area contributed by atoms with Crippen molar-refractivity contribution in [3.8, 4) is 0 Å². The second-order valence-corrected chi connectivity index (χ2v) is 7.30. The Morgan fingerprint density at radius 1 is 0.870 bits per heavy atom. The molecule has 0 N–H and O–H groups in total. The average molecular weight is 315 g/mol. The van der Waals surface area contributed by atoms with Gasteiger partial charge in [0.25, 0.3) is 0 Å². The SMILES string of the molecule is C=C(C)CCCCCc1ccc(CCCCCCCC)c(C)c1. The smallest absolute Gasteiger partial charge is 0.0276 e. The number of allylic oxidation sites excluding steroid dienone is 1. The van der Waals surface area contributed by atoms with Gasteiger partial charge in [0, 0.05) is 0 Å². The summed E-state index contributed by atoms with van der Waals surface area (Å²) >= 11 is 0. The van der Waals surface area contributed by atoms with Crippen LogP contribution in [0.4, 0.5) is 0 Å². The van der Waals surface area contributed by atoms with E-state index in [1.54, 1.807) is 5.56 Å². The standard InChI is InChI=1S/C23H38/c1-5-6-7-8-9-13-16-23-18-17-22(19-21(23)4)15-12-10-11-14-20(2)3/h17-19H,2,5-16H2,1,3-4H3. The Morgan fingerprint density at radius 2 is 1.52 bits per heavy atom. The van der Waals surface area contributed by atoms with Crippen LogP contribution in [0.5, 0.6) is 0 Å². The van der Waals surface area contributed by atoms with Gasteiger partial charge < -0.3 is 0 Å². The molecule has 0 spiro atoms. The summed E-state index contributed by atoms with van der Waals surface area (Å²) in [6.07, 6.45) is 15.9. The zero-order valence-corrected chi connectivity index (χ0v) is 15.9. The number of rotatable bonds is 13. The second-order valence-electron chi connectivity index (χ2n) is 7.30. The van der Waals surface area contributed by atoms with Crippen molar-refractivity contribution in [3.05, 3.63) is 47.0 Å². The summed E-state index contributed by atoms with van der Waals surface area (Å²) in [4.78, 5) is 0. The third-order valence-corrected chi connectivity index (χ3v) is 4.78. The number of hydrogen-bond acceptors (Lipinski definition) is 0. The van der Waals surface area contributed by atoms with Crippen molar-refractivity contribution in [2.75, 3.05) is 0 Å². The predicted molar refractivity (Wildman–Crippen MR) is 105 cm³/mol. The summed E-state index contributed by atoms with van der Waals surface area (Å²) in [7, 11) is 0. The van der Waals surface area contributed by atoms with Crippen molar-refractivity contribution in [1.29, 1.82) is 0 Å². The predicted octanol–water partition coefficient (Wildman–Crippen LogP) is 7.58. The summed E-state index contributed by atoms with van der Waals surface area (Å²) in [5.41, 5.74) is 5.90. The molecule has 0 unspecified atom stereocenters. The van der Waals surface area contributed by atoms with Gasteiger partial charge in [0.15, 0.2) is 0 Å². The molecule has 1 rings (SSSR count). The molecule has 0 aliphatic rings. The molecule has 0 bridgehead atoms. The molecule has 0 radical (unpaired) electrons. The van der Waals surface area contributed by atoms with Gasteiger partial charge >= 0.3 is 0 Å². The molecule has 0 heterocycles. The van der Waals surface area contributed by atoms with Gasteiger partial charge in [0.05, 0.1) is 0 Å². The lowest BCUT2D eigenvalue weighted by atomic mass is 9.97. The molecule has 0 aliphatic carbocycles. The largest absolute Gasteiger partial charge is 0.100 e. The monoisotopic (exact) mass is 314 g/mol. The Labute approximate surface area is 145 Å². The Kier molecular flexibility index (Phi) is 10.8. The number of benzene rings is 1. The van der Waals surface area contributed by atoms with E-state index < -0.39 is 0 Å². The van der Waals surface area contributed by atoms with Gasteiger partial charge in [-0.2, -0.15) is 0 Å². The lowest BCUT2D eigenvalue weighted by molar-refractivity contribution is 0.607. The maximum absolute atomic E-state index is 3.98. The highest BCUT2D eigenvalue weighted by Gasteiger charge is 2.01. The first kappa shape index (κ1) is 20.0. The minimum Gasteiger partial charge on any atom is -0.100 e. The van der Waals surface area contributed by atoms with Gasteiger partial charge in [-0.25, -0.2) is 0 Å². The number of unbranched alkanes of at least 4 members (excludes halogenated alkanes) is 7. The fraction of sp³-hybridized carbons (Fsp3) is 0.652. The van der Waals surface area contributed by atoms with Crippen molar-refractivity contribution in [1.82, 2.24) is 0 Å². The first-order chi connectivity index (χ1) is 11.1. The zero-order chi connectivity index (χ0) is 16.9. The lowest BCUT2D eigenvalue weighted by Crippen LogP contribution is -1.94. The van der Waals surface area contributed by atoms with Crippen LogP contribution in [-0.2, 0) is 12.8 Å². The van der Waals surface area contributed by atoms with E-state index in [0.717, 1.165) is 0 Å². The van der Waals surface area contributed by atoms with E-state index in [1.165, 1.54) is 93.7 Å². The molecule has 0 heteroatoms. The minimum absolute atomic E-state index is 1.19. The highest BCUT2D eigenvalue weighted by molar-refractivity contribution is 5.31. The van der Waals surface area contributed by atoms with E-state index in [9.17, 15) is 0 Å². The highest BCUT2D eigenvalue weighted by Crippen LogP contribution is 2.17. The molecular formula is C23H38. The van der Waals surface area contributed by atoms with Crippen molar-refractivity contribution in [3.63, 3.8) is 0 Å². The molecule has 1 aromatic carbocycles. The third kappa shape index (κ3) is 9.64. The first-order valence-electron chi connectivity index (χ1n) is 9.86. The van der Waals surface area contributed by atoms with Crippen LogP contribution < -0.4 is 0 Å². The third-order valence-electron chi connectivity index (χ3n) is 4.78. The summed E-state index contributed by atoms with van der Waals surface area (Å²) in [5.74, 6) is 0. The van der Waals surface area contributed by atoms with Gasteiger partial charge in [-0.05, 0) is 69.1 Å². The lowest BCUT2D eigenvalue weighted by Gasteiger charge is -2.09. The molecule has 0 saturated carbocycles. The van der Waals surface area contributed by atoms with Crippen LogP contribution in [-0.4, -0.2) is 0 Å². The van der Waals surface area contributed by atoms with Gasteiger partial charge in [0.1, 0.15) is 0 Å². The van der Waals surface area contributed by atoms with E-state index in [2.05, 4.69) is 45.5 Å². The molecular weight excluding hydrogens is 276 g/mol. The summed E-state index contributed by atoms with van der Waals surface area (Å²) in [5, 5.41) is 0. The fourth-order valence-corrected chi connectivity index (χ4v) is 3.22. The normalized spacial score (nSPS) is 10.9. The Hall–Kier alpha value is -1.04. The second kappa shape index (κ2) is 12.4. The van der Waals surface area contributed by atoms with Crippen LogP contribution >= 0.6 is 0 Å². The van der Waals surface area contributed by atoms with Crippen molar-refractivity contribution in [2.24, 2.45) is 0 Å². The molecule has 0 nitrogen and oxygen atoms in total. The summed E-state index contributed by atoms with van der Waals surface area (Å²) in [6.45, 7) is 10.7. The molecule has 0 aliphatic heterocycles. The molecule has 0 aromatic heterocycles. The Balaban J connectivity index is 2.24. The molecule has 0 fully saturated rings. The maximum atomic E-state index is 3.98. The van der Waals surface area contributed by atoms with Gasteiger partial charge in [-0.3, -0.25) is 0 Å². The number of hydrogen-bond donors (Lipinski definition) is 0. The van der Waals surface area contributed by atoms with E-state index in [1.807, 2.05) is 0 Å². The van der Waals surface area contributed by atoms with E-state index >= 15 is 0 Å². The highest BCUT2D eigenvalue weighted by atomic mass is 14.1. The number of aryl methyl sites for hydroxylation is 3. The molecule has 0 amide bonds. The van der Waals surface area contributed by atoms with Crippen LogP contribution in [0, 0.1) is 6.92 Å². The zero-order valence-electron chi connectivity index (χ0n) is 15.9. The molecule has 1 aromatic rings. The van der Waals surface area contributed by atoms with Crippen molar-refractivity contribution < 1.29 is 0 Å². The van der Waals surface area contributed by atoms with Crippen molar-refractivity contribution >= 4 is 0 Å². The topological polar surface area (TPSA) is 0 Å². The summed E-state index contributed by atoms with van der Waals surface area (Å²) in [6, 6.07) is 7.16. The molecule has 0 saturated heterocycles. The minimum atomic E-state index is 1.19. The average Bonchev–Trinajstić information content (AvgIpc) is 2.52. The van der Waals surface area contributed by atoms with E-state index in [-0.39, 0.29) is 0 Å². The Morgan fingerprint density at radius 3 is 2.22 bits per heavy atom. The van der Waals surface area contributed by atoms with Crippen LogP contribution in [0.15, 0.2) is 30.4 Å². The summed E-state index contributed by atoms with van der Waals surface area (Å²) < 4.78 is 0. The van der Waals surface area contributed by atoms with Gasteiger partial charge in [0.2, 0.25) is 0 Å². The molecule has 23 heavy (non-hydrogen) atoms. The first-order valence-corrected chi connectivity index (χ1v) is 9.86. The molecule has 130 valence electrons. The van der Waals surface area contributed by atoms with Crippen LogP contribution in [0.2, 0.25) is 0 Å². The van der Waals surface area contributed by atoms with Crippen LogP contribution in [0.1, 0.15) is 94.7 Å². The fourth-order valence-electron chi connectivity index (χ4n) is 3.22. The van der Waals surface area contributed by atoms with Gasteiger partial charge in [-0.1, -0.05) is 69.2 Å². The maximum Gasteiger partial charge on any atom is -0.0276 e. The van der Waals surface area contributed by atoms with E-state index in [4.69, 9.17) is 0 Å². The van der Waals surface area contributed by atoms with E-state index in [0.29, 0.717) is 0 Å². The van der Waals surface area contributed by atoms with Gasteiger partial charge in [-0.15, -0.1) is 6.58 Å². The quantitative estimate of drug-likeness (QED) is 0.260. The molecule has 0 atom stereocenters. The Bertz CT molecular complexity index is 441.